The predicted octanol–water partition coefficient (Wildman–Crippen LogP) is 10.8. The summed E-state index contributed by atoms with van der Waals surface area (Å²) in [7, 11) is 0. The second kappa shape index (κ2) is 11.4. The van der Waals surface area contributed by atoms with Crippen LogP contribution in [0.1, 0.15) is 16.7 Å². The molecule has 7 aromatic carbocycles. The lowest BCUT2D eigenvalue weighted by atomic mass is 9.89. The second-order valence-corrected chi connectivity index (χ2v) is 12.3. The lowest BCUT2D eigenvalue weighted by Crippen LogP contribution is -2.01. The summed E-state index contributed by atoms with van der Waals surface area (Å²) >= 11 is 0. The molecule has 0 amide bonds. The Labute approximate surface area is 287 Å². The smallest absolute Gasteiger partial charge is 0.0998 e. The topological polar surface area (TPSA) is 81.2 Å². The summed E-state index contributed by atoms with van der Waals surface area (Å²) in [6.07, 6.45) is 0. The number of nitriles is 3. The van der Waals surface area contributed by atoms with E-state index in [9.17, 15) is 15.8 Å². The van der Waals surface area contributed by atoms with Crippen molar-refractivity contribution in [2.75, 3.05) is 0 Å². The molecule has 5 heteroatoms. The highest BCUT2D eigenvalue weighted by Gasteiger charge is 2.22. The fourth-order valence-corrected chi connectivity index (χ4v) is 7.53. The summed E-state index contributed by atoms with van der Waals surface area (Å²) in [6.45, 7) is 0. The minimum absolute atomic E-state index is 0.520. The van der Waals surface area contributed by atoms with Crippen molar-refractivity contribution >= 4 is 43.6 Å². The molecule has 9 aromatic rings. The van der Waals surface area contributed by atoms with Crippen molar-refractivity contribution in [2.24, 2.45) is 0 Å². The third-order valence-corrected chi connectivity index (χ3v) is 9.65. The summed E-state index contributed by atoms with van der Waals surface area (Å²) in [5, 5.41) is 35.0. The van der Waals surface area contributed by atoms with Gasteiger partial charge < -0.3 is 9.13 Å². The molecule has 5 nitrogen and oxygen atoms in total. The molecule has 0 unspecified atom stereocenters. The van der Waals surface area contributed by atoms with Gasteiger partial charge in [-0.25, -0.2) is 0 Å². The average molecular weight is 636 g/mol. The van der Waals surface area contributed by atoms with Gasteiger partial charge in [0.1, 0.15) is 0 Å². The van der Waals surface area contributed by atoms with Crippen LogP contribution in [0.3, 0.4) is 0 Å². The Balaban J connectivity index is 1.33. The van der Waals surface area contributed by atoms with E-state index in [1.54, 1.807) is 0 Å². The number of para-hydroxylation sites is 3. The summed E-state index contributed by atoms with van der Waals surface area (Å²) in [5.41, 5.74) is 10.7. The Kier molecular flexibility index (Phi) is 6.56. The standard InChI is InChI=1S/C45H25N5/c46-26-29-20-23-43-39(24-29)36-14-5-8-18-42(36)50(43)44-19-9-10-31(28-48)45(44)37-15-2-1-11-33(37)38-25-32(22-21-30(38)27-47)49-40-16-6-3-12-34(40)35-13-4-7-17-41(35)49/h1-25H. The molecule has 9 rings (SSSR count). The quantitative estimate of drug-likeness (QED) is 0.193. The number of rotatable bonds is 4. The van der Waals surface area contributed by atoms with Crippen molar-refractivity contribution in [1.82, 2.24) is 9.13 Å². The monoisotopic (exact) mass is 635 g/mol. The second-order valence-electron chi connectivity index (χ2n) is 12.3. The Morgan fingerprint density at radius 1 is 0.380 bits per heavy atom. The average Bonchev–Trinajstić information content (AvgIpc) is 3.70. The largest absolute Gasteiger partial charge is 0.309 e. The predicted molar refractivity (Wildman–Crippen MR) is 200 cm³/mol. The Bertz CT molecular complexity index is 2920. The summed E-state index contributed by atoms with van der Waals surface area (Å²) in [4.78, 5) is 0. The van der Waals surface area contributed by atoms with Crippen LogP contribution in [-0.4, -0.2) is 9.13 Å². The van der Waals surface area contributed by atoms with Gasteiger partial charge in [0.05, 0.1) is 62.7 Å². The summed E-state index contributed by atoms with van der Waals surface area (Å²) in [5.74, 6) is 0. The van der Waals surface area contributed by atoms with Crippen molar-refractivity contribution in [1.29, 1.82) is 15.8 Å². The zero-order chi connectivity index (χ0) is 33.8. The molecule has 230 valence electrons. The lowest BCUT2D eigenvalue weighted by Gasteiger charge is -2.19. The van der Waals surface area contributed by atoms with Crippen molar-refractivity contribution in [3.8, 4) is 51.8 Å². The summed E-state index contributed by atoms with van der Waals surface area (Å²) in [6, 6.07) is 57.6. The van der Waals surface area contributed by atoms with E-state index in [0.717, 1.165) is 77.2 Å². The third kappa shape index (κ3) is 4.24. The van der Waals surface area contributed by atoms with Crippen LogP contribution in [0.5, 0.6) is 0 Å². The van der Waals surface area contributed by atoms with Crippen LogP contribution in [-0.2, 0) is 0 Å². The third-order valence-electron chi connectivity index (χ3n) is 9.65. The molecule has 0 aliphatic carbocycles. The highest BCUT2D eigenvalue weighted by atomic mass is 15.0. The molecular weight excluding hydrogens is 611 g/mol. The molecule has 0 N–H and O–H groups in total. The lowest BCUT2D eigenvalue weighted by molar-refractivity contribution is 1.17. The minimum Gasteiger partial charge on any atom is -0.309 e. The van der Waals surface area contributed by atoms with Gasteiger partial charge in [-0.15, -0.1) is 0 Å². The first-order valence-electron chi connectivity index (χ1n) is 16.3. The fraction of sp³-hybridized carbons (Fsp3) is 0. The Hall–Kier alpha value is -7.39. The van der Waals surface area contributed by atoms with Gasteiger partial charge in [0.15, 0.2) is 0 Å². The van der Waals surface area contributed by atoms with E-state index in [1.165, 1.54) is 0 Å². The number of nitrogens with zero attached hydrogens (tertiary/aromatic N) is 5. The molecule has 0 fully saturated rings. The van der Waals surface area contributed by atoms with Gasteiger partial charge in [0.2, 0.25) is 0 Å². The molecule has 0 aliphatic rings. The Morgan fingerprint density at radius 2 is 0.960 bits per heavy atom. The zero-order valence-electron chi connectivity index (χ0n) is 26.7. The van der Waals surface area contributed by atoms with Gasteiger partial charge in [0.25, 0.3) is 0 Å². The first-order valence-corrected chi connectivity index (χ1v) is 16.3. The van der Waals surface area contributed by atoms with Crippen LogP contribution in [0.4, 0.5) is 0 Å². The van der Waals surface area contributed by atoms with Crippen LogP contribution in [0.2, 0.25) is 0 Å². The Morgan fingerprint density at radius 3 is 1.62 bits per heavy atom. The van der Waals surface area contributed by atoms with Crippen molar-refractivity contribution in [2.45, 2.75) is 0 Å². The molecule has 0 aliphatic heterocycles. The van der Waals surface area contributed by atoms with E-state index in [4.69, 9.17) is 0 Å². The van der Waals surface area contributed by atoms with E-state index in [-0.39, 0.29) is 0 Å². The van der Waals surface area contributed by atoms with Crippen LogP contribution in [0, 0.1) is 34.0 Å². The van der Waals surface area contributed by atoms with Gasteiger partial charge in [-0.05, 0) is 77.9 Å². The molecule has 2 heterocycles. The van der Waals surface area contributed by atoms with Crippen molar-refractivity contribution in [3.63, 3.8) is 0 Å². The van der Waals surface area contributed by atoms with Crippen LogP contribution in [0.25, 0.3) is 77.2 Å². The molecule has 2 aromatic heterocycles. The van der Waals surface area contributed by atoms with Gasteiger partial charge in [-0.1, -0.05) is 84.9 Å². The molecule has 0 saturated carbocycles. The van der Waals surface area contributed by atoms with Crippen molar-refractivity contribution in [3.05, 3.63) is 168 Å². The van der Waals surface area contributed by atoms with Crippen LogP contribution >= 0.6 is 0 Å². The normalized spacial score (nSPS) is 11.1. The van der Waals surface area contributed by atoms with Gasteiger partial charge >= 0.3 is 0 Å². The molecule has 0 spiro atoms. The van der Waals surface area contributed by atoms with E-state index in [1.807, 2.05) is 97.1 Å². The maximum atomic E-state index is 10.6. The van der Waals surface area contributed by atoms with E-state index >= 15 is 0 Å². The van der Waals surface area contributed by atoms with Gasteiger partial charge in [-0.3, -0.25) is 0 Å². The number of hydrogen-bond donors (Lipinski definition) is 0. The fourth-order valence-electron chi connectivity index (χ4n) is 7.53. The molecule has 0 atom stereocenters. The SMILES string of the molecule is N#Cc1ccc2c(c1)c1ccccc1n2-c1cccc(C#N)c1-c1ccccc1-c1cc(-n2c3ccccc3c3ccccc32)ccc1C#N. The van der Waals surface area contributed by atoms with E-state index in [2.05, 4.69) is 81.9 Å². The van der Waals surface area contributed by atoms with Crippen molar-refractivity contribution < 1.29 is 0 Å². The maximum Gasteiger partial charge on any atom is 0.0998 e. The highest BCUT2D eigenvalue weighted by molar-refractivity contribution is 6.11. The number of hydrogen-bond acceptors (Lipinski definition) is 3. The molecule has 0 bridgehead atoms. The van der Waals surface area contributed by atoms with E-state index < -0.39 is 0 Å². The molecular formula is C45H25N5. The zero-order valence-corrected chi connectivity index (χ0v) is 26.7. The van der Waals surface area contributed by atoms with Gasteiger partial charge in [-0.2, -0.15) is 15.8 Å². The van der Waals surface area contributed by atoms with E-state index in [0.29, 0.717) is 16.7 Å². The minimum atomic E-state index is 0.520. The molecule has 50 heavy (non-hydrogen) atoms. The summed E-state index contributed by atoms with van der Waals surface area (Å²) < 4.78 is 4.43. The van der Waals surface area contributed by atoms with Crippen LogP contribution < -0.4 is 0 Å². The maximum absolute atomic E-state index is 10.6. The first-order chi connectivity index (χ1) is 24.7. The number of aromatic nitrogens is 2. The molecule has 0 saturated heterocycles. The van der Waals surface area contributed by atoms with Gasteiger partial charge in [0, 0.05) is 38.4 Å². The highest BCUT2D eigenvalue weighted by Crippen LogP contribution is 2.43. The molecule has 0 radical (unpaired) electrons. The number of fused-ring (bicyclic) bond motifs is 6. The first kappa shape index (κ1) is 28.8. The van der Waals surface area contributed by atoms with Crippen LogP contribution in [0.15, 0.2) is 152 Å². The number of benzene rings is 7.